The number of hydrogen-bond donors (Lipinski definition) is 1. The fraction of sp³-hybridized carbons (Fsp3) is 0.312. The van der Waals surface area contributed by atoms with Crippen LogP contribution in [-0.4, -0.2) is 59.5 Å². The van der Waals surface area contributed by atoms with Crippen LogP contribution in [0.1, 0.15) is 39.5 Å². The summed E-state index contributed by atoms with van der Waals surface area (Å²) in [5.41, 5.74) is 6.87. The molecule has 0 saturated carbocycles. The van der Waals surface area contributed by atoms with Crippen molar-refractivity contribution in [1.29, 1.82) is 5.26 Å². The summed E-state index contributed by atoms with van der Waals surface area (Å²) in [5, 5.41) is 10.2. The predicted octanol–water partition coefficient (Wildman–Crippen LogP) is 2.89. The minimum Gasteiger partial charge on any atom is -0.463 e. The van der Waals surface area contributed by atoms with E-state index in [1.807, 2.05) is 6.07 Å². The van der Waals surface area contributed by atoms with E-state index in [4.69, 9.17) is 29.4 Å². The van der Waals surface area contributed by atoms with Gasteiger partial charge in [-0.05, 0) is 29.3 Å². The van der Waals surface area contributed by atoms with Crippen LogP contribution < -0.4 is 11.3 Å². The van der Waals surface area contributed by atoms with Crippen LogP contribution in [-0.2, 0) is 42.9 Å². The molecule has 1 aromatic heterocycles. The highest BCUT2D eigenvalue weighted by atomic mass is 16.7. The van der Waals surface area contributed by atoms with Crippen molar-refractivity contribution < 1.29 is 42.9 Å². The van der Waals surface area contributed by atoms with Crippen molar-refractivity contribution in [2.24, 2.45) is 0 Å². The summed E-state index contributed by atoms with van der Waals surface area (Å²) in [6.07, 6.45) is -7.43. The van der Waals surface area contributed by atoms with Gasteiger partial charge in [0.25, 0.3) is 5.56 Å². The number of esters is 4. The predicted molar refractivity (Wildman–Crippen MR) is 158 cm³/mol. The van der Waals surface area contributed by atoms with Gasteiger partial charge in [-0.15, -0.1) is 0 Å². The third kappa shape index (κ3) is 7.36. The van der Waals surface area contributed by atoms with Crippen molar-refractivity contribution >= 4 is 29.6 Å². The van der Waals surface area contributed by atoms with Crippen LogP contribution in [0.25, 0.3) is 22.4 Å². The van der Waals surface area contributed by atoms with E-state index in [0.717, 1.165) is 32.3 Å². The zero-order valence-corrected chi connectivity index (χ0v) is 24.9. The number of hydrogen-bond acceptors (Lipinski definition) is 12. The highest BCUT2D eigenvalue weighted by Gasteiger charge is 2.53. The molecule has 2 N–H and O–H groups in total. The molecular weight excluding hydrogens is 586 g/mol. The number of nitrogen functional groups attached to an aromatic ring is 1. The Morgan fingerprint density at radius 2 is 1.40 bits per heavy atom. The van der Waals surface area contributed by atoms with E-state index < -0.39 is 66.7 Å². The molecule has 4 rings (SSSR count). The molecule has 0 radical (unpaired) electrons. The molecule has 5 atom stereocenters. The first-order chi connectivity index (χ1) is 21.4. The topological polar surface area (TPSA) is 186 Å². The monoisotopic (exact) mass is 617 g/mol. The summed E-state index contributed by atoms with van der Waals surface area (Å²) in [6, 6.07) is 18.9. The maximum atomic E-state index is 14.4. The maximum absolute atomic E-state index is 14.4. The minimum absolute atomic E-state index is 0.221. The van der Waals surface area contributed by atoms with Crippen LogP contribution in [0.15, 0.2) is 65.5 Å². The van der Waals surface area contributed by atoms with E-state index in [-0.39, 0.29) is 11.3 Å². The van der Waals surface area contributed by atoms with E-state index >= 15 is 0 Å². The Balaban J connectivity index is 2.05. The largest absolute Gasteiger partial charge is 0.463 e. The molecule has 45 heavy (non-hydrogen) atoms. The van der Waals surface area contributed by atoms with Crippen molar-refractivity contribution in [1.82, 2.24) is 4.57 Å². The molecule has 1 saturated heterocycles. The van der Waals surface area contributed by atoms with Crippen LogP contribution in [0.4, 0.5) is 5.69 Å². The van der Waals surface area contributed by atoms with E-state index in [0.29, 0.717) is 22.4 Å². The number of benzene rings is 2. The Labute approximate surface area is 258 Å². The average molecular weight is 618 g/mol. The Hall–Kier alpha value is -5.48. The number of aromatic nitrogens is 1. The van der Waals surface area contributed by atoms with Crippen molar-refractivity contribution in [3.8, 4) is 28.5 Å². The molecular formula is C32H31N3O10. The normalized spacial score (nSPS) is 20.7. The number of nitriles is 1. The first kappa shape index (κ1) is 32.4. The molecule has 234 valence electrons. The van der Waals surface area contributed by atoms with E-state index in [2.05, 4.69) is 0 Å². The lowest BCUT2D eigenvalue weighted by atomic mass is 9.94. The van der Waals surface area contributed by atoms with Gasteiger partial charge in [0.05, 0.1) is 5.69 Å². The lowest BCUT2D eigenvalue weighted by Crippen LogP contribution is -2.61. The fourth-order valence-electron chi connectivity index (χ4n) is 5.12. The minimum atomic E-state index is -1.58. The summed E-state index contributed by atoms with van der Waals surface area (Å²) in [6.45, 7) is 3.95. The summed E-state index contributed by atoms with van der Waals surface area (Å²) in [7, 11) is 0. The molecule has 3 aromatic rings. The van der Waals surface area contributed by atoms with Crippen LogP contribution in [0.5, 0.6) is 0 Å². The third-order valence-corrected chi connectivity index (χ3v) is 6.87. The molecule has 1 fully saturated rings. The highest BCUT2D eigenvalue weighted by Crippen LogP contribution is 2.38. The molecule has 0 amide bonds. The second-order valence-electron chi connectivity index (χ2n) is 10.2. The molecule has 1 aliphatic rings. The SMILES string of the molecule is CC(=O)OC[C@H]1O[C@@H](n2c(-c3ccc(N)cc3)cc(-c3ccccc3)c(C#N)c2=O)[C@H](OC(C)=O)[C@@H](OC(C)=O)[C@@H]1OC(C)=O. The van der Waals surface area contributed by atoms with Crippen molar-refractivity contribution in [2.45, 2.75) is 58.3 Å². The fourth-order valence-corrected chi connectivity index (χ4v) is 5.12. The average Bonchev–Trinajstić information content (AvgIpc) is 2.98. The van der Waals surface area contributed by atoms with Gasteiger partial charge in [0, 0.05) is 38.9 Å². The third-order valence-electron chi connectivity index (χ3n) is 6.87. The molecule has 2 heterocycles. The van der Waals surface area contributed by atoms with Gasteiger partial charge >= 0.3 is 23.9 Å². The molecule has 2 aromatic carbocycles. The summed E-state index contributed by atoms with van der Waals surface area (Å²) >= 11 is 0. The lowest BCUT2D eigenvalue weighted by molar-refractivity contribution is -0.268. The van der Waals surface area contributed by atoms with E-state index in [1.165, 1.54) is 0 Å². The van der Waals surface area contributed by atoms with E-state index in [1.54, 1.807) is 60.7 Å². The van der Waals surface area contributed by atoms with Crippen LogP contribution >= 0.6 is 0 Å². The van der Waals surface area contributed by atoms with Crippen molar-refractivity contribution in [3.63, 3.8) is 0 Å². The maximum Gasteiger partial charge on any atom is 0.303 e. The molecule has 1 aliphatic heterocycles. The number of anilines is 1. The highest BCUT2D eigenvalue weighted by molar-refractivity contribution is 5.76. The number of nitrogens with zero attached hydrogens (tertiary/aromatic N) is 2. The zero-order chi connectivity index (χ0) is 32.8. The second-order valence-corrected chi connectivity index (χ2v) is 10.2. The Morgan fingerprint density at radius 3 is 1.96 bits per heavy atom. The van der Waals surface area contributed by atoms with Gasteiger partial charge < -0.3 is 29.4 Å². The molecule has 0 aliphatic carbocycles. The molecule has 0 spiro atoms. The zero-order valence-electron chi connectivity index (χ0n) is 24.9. The molecule has 13 heteroatoms. The van der Waals surface area contributed by atoms with Gasteiger partial charge in [-0.1, -0.05) is 42.5 Å². The molecule has 0 unspecified atom stereocenters. The van der Waals surface area contributed by atoms with Gasteiger partial charge in [0.15, 0.2) is 24.5 Å². The lowest BCUT2D eigenvalue weighted by Gasteiger charge is -2.45. The van der Waals surface area contributed by atoms with Crippen molar-refractivity contribution in [3.05, 3.63) is 76.6 Å². The standard InChI is InChI=1S/C32H31N3O10/c1-17(36)41-16-27-28(42-18(2)37)29(43-19(3)38)30(44-20(4)39)32(45-27)35-26(22-10-12-23(34)13-11-22)14-24(25(15-33)31(35)40)21-8-6-5-7-9-21/h5-14,27-30,32H,16,34H2,1-4H3/t27-,28-,29+,30-,32-/m1/s1. The Morgan fingerprint density at radius 1 is 0.822 bits per heavy atom. The van der Waals surface area contributed by atoms with Gasteiger partial charge in [-0.25, -0.2) is 0 Å². The number of ether oxygens (including phenoxy) is 5. The van der Waals surface area contributed by atoms with Gasteiger partial charge in [-0.3, -0.25) is 28.5 Å². The van der Waals surface area contributed by atoms with Crippen molar-refractivity contribution in [2.75, 3.05) is 12.3 Å². The first-order valence-electron chi connectivity index (χ1n) is 13.8. The van der Waals surface area contributed by atoms with Gasteiger partial charge in [-0.2, -0.15) is 5.26 Å². The van der Waals surface area contributed by atoms with Crippen LogP contribution in [0.2, 0.25) is 0 Å². The number of rotatable bonds is 8. The van der Waals surface area contributed by atoms with Crippen LogP contribution in [0, 0.1) is 11.3 Å². The first-order valence-corrected chi connectivity index (χ1v) is 13.8. The number of carbonyl (C=O) groups is 4. The Kier molecular flexibility index (Phi) is 10.00. The number of carbonyl (C=O) groups excluding carboxylic acids is 4. The summed E-state index contributed by atoms with van der Waals surface area (Å²) in [4.78, 5) is 63.0. The summed E-state index contributed by atoms with van der Waals surface area (Å²) in [5.74, 6) is -3.16. The Bertz CT molecular complexity index is 1700. The second kappa shape index (κ2) is 13.9. The quantitative estimate of drug-likeness (QED) is 0.222. The number of pyridine rings is 1. The number of nitrogens with two attached hydrogens (primary N) is 1. The molecule has 13 nitrogen and oxygen atoms in total. The smallest absolute Gasteiger partial charge is 0.303 e. The molecule has 0 bridgehead atoms. The summed E-state index contributed by atoms with van der Waals surface area (Å²) < 4.78 is 29.2. The van der Waals surface area contributed by atoms with Crippen LogP contribution in [0.3, 0.4) is 0 Å². The van der Waals surface area contributed by atoms with E-state index in [9.17, 15) is 29.2 Å². The van der Waals surface area contributed by atoms with Gasteiger partial charge in [0.2, 0.25) is 0 Å². The van der Waals surface area contributed by atoms with Gasteiger partial charge in [0.1, 0.15) is 24.3 Å².